The van der Waals surface area contributed by atoms with Crippen LogP contribution in [0.5, 0.6) is 0 Å². The summed E-state index contributed by atoms with van der Waals surface area (Å²) in [5.41, 5.74) is -0.103. The smallest absolute Gasteiger partial charge is 0.355 e. The van der Waals surface area contributed by atoms with Gasteiger partial charge < -0.3 is 15.3 Å². The Morgan fingerprint density at radius 1 is 0.704 bits per heavy atom. The van der Waals surface area contributed by atoms with Crippen LogP contribution in [0.15, 0.2) is 60.8 Å². The highest BCUT2D eigenvalue weighted by Crippen LogP contribution is 2.32. The molecular weight excluding hydrogens is 350 g/mol. The zero-order chi connectivity index (χ0) is 19.6. The van der Waals surface area contributed by atoms with E-state index in [9.17, 15) is 29.7 Å². The van der Waals surface area contributed by atoms with E-state index in [-0.39, 0.29) is 16.7 Å². The highest BCUT2D eigenvalue weighted by atomic mass is 16.4. The number of nitrogens with zero attached hydrogens (tertiary/aromatic N) is 1. The Morgan fingerprint density at radius 2 is 1.33 bits per heavy atom. The van der Waals surface area contributed by atoms with Crippen LogP contribution in [0.25, 0.3) is 22.3 Å². The minimum Gasteiger partial charge on any atom is -0.478 e. The molecule has 3 rings (SSSR count). The van der Waals surface area contributed by atoms with Gasteiger partial charge in [0.15, 0.2) is 5.69 Å². The lowest BCUT2D eigenvalue weighted by Gasteiger charge is -2.13. The largest absolute Gasteiger partial charge is 0.478 e. The molecule has 3 aromatic rings. The lowest BCUT2D eigenvalue weighted by molar-refractivity contribution is 0.0644. The van der Waals surface area contributed by atoms with Crippen LogP contribution >= 0.6 is 0 Å². The highest BCUT2D eigenvalue weighted by Gasteiger charge is 2.28. The predicted octanol–water partition coefficient (Wildman–Crippen LogP) is 3.51. The Hall–Kier alpha value is -4.00. The van der Waals surface area contributed by atoms with Crippen molar-refractivity contribution in [3.63, 3.8) is 0 Å². The molecule has 27 heavy (non-hydrogen) atoms. The van der Waals surface area contributed by atoms with Crippen molar-refractivity contribution in [3.8, 4) is 22.3 Å². The maximum atomic E-state index is 11.8. The van der Waals surface area contributed by atoms with Gasteiger partial charge in [-0.25, -0.2) is 19.4 Å². The SMILES string of the molecule is O=C(O)c1cnc(C(=O)O)c(C(=O)O)c1-c1cccc(-c2ccccc2)c1. The zero-order valence-electron chi connectivity index (χ0n) is 13.8. The molecule has 0 bridgehead atoms. The average Bonchev–Trinajstić information content (AvgIpc) is 2.67. The summed E-state index contributed by atoms with van der Waals surface area (Å²) in [4.78, 5) is 38.3. The molecule has 0 aliphatic carbocycles. The summed E-state index contributed by atoms with van der Waals surface area (Å²) in [6, 6.07) is 15.8. The molecular formula is C20H13NO6. The van der Waals surface area contributed by atoms with Crippen LogP contribution in [0.1, 0.15) is 31.2 Å². The van der Waals surface area contributed by atoms with E-state index in [1.165, 1.54) is 6.07 Å². The van der Waals surface area contributed by atoms with Gasteiger partial charge in [-0.05, 0) is 22.8 Å². The number of hydrogen-bond acceptors (Lipinski definition) is 4. The average molecular weight is 363 g/mol. The first kappa shape index (κ1) is 17.8. The van der Waals surface area contributed by atoms with Crippen molar-refractivity contribution in [2.45, 2.75) is 0 Å². The normalized spacial score (nSPS) is 10.4. The summed E-state index contributed by atoms with van der Waals surface area (Å²) < 4.78 is 0. The van der Waals surface area contributed by atoms with Gasteiger partial charge in [0, 0.05) is 11.8 Å². The van der Waals surface area contributed by atoms with Crippen LogP contribution in [0.3, 0.4) is 0 Å². The fraction of sp³-hybridized carbons (Fsp3) is 0. The number of rotatable bonds is 5. The molecule has 0 unspecified atom stereocenters. The maximum Gasteiger partial charge on any atom is 0.355 e. The molecule has 0 atom stereocenters. The summed E-state index contributed by atoms with van der Waals surface area (Å²) in [5.74, 6) is -4.52. The molecule has 7 nitrogen and oxygen atoms in total. The topological polar surface area (TPSA) is 125 Å². The van der Waals surface area contributed by atoms with E-state index in [1.54, 1.807) is 18.2 Å². The predicted molar refractivity (Wildman–Crippen MR) is 96.0 cm³/mol. The van der Waals surface area contributed by atoms with Crippen LogP contribution in [0.4, 0.5) is 0 Å². The summed E-state index contributed by atoms with van der Waals surface area (Å²) in [6.45, 7) is 0. The molecule has 1 heterocycles. The molecule has 7 heteroatoms. The van der Waals surface area contributed by atoms with Crippen molar-refractivity contribution in [1.82, 2.24) is 4.98 Å². The number of benzene rings is 2. The third-order valence-corrected chi connectivity index (χ3v) is 3.98. The van der Waals surface area contributed by atoms with E-state index in [0.29, 0.717) is 0 Å². The summed E-state index contributed by atoms with van der Waals surface area (Å²) >= 11 is 0. The first-order chi connectivity index (χ1) is 12.9. The Labute approximate surface area is 153 Å². The number of aromatic nitrogens is 1. The number of pyridine rings is 1. The van der Waals surface area contributed by atoms with E-state index in [1.807, 2.05) is 30.3 Å². The third-order valence-electron chi connectivity index (χ3n) is 3.98. The molecule has 3 N–H and O–H groups in total. The Bertz CT molecular complexity index is 1060. The minimum absolute atomic E-state index is 0.194. The molecule has 0 saturated carbocycles. The Morgan fingerprint density at radius 3 is 1.93 bits per heavy atom. The van der Waals surface area contributed by atoms with Gasteiger partial charge in [-0.3, -0.25) is 0 Å². The van der Waals surface area contributed by atoms with Gasteiger partial charge in [-0.2, -0.15) is 0 Å². The number of carboxylic acid groups (broad SMARTS) is 3. The van der Waals surface area contributed by atoms with E-state index in [4.69, 9.17) is 0 Å². The number of carboxylic acids is 3. The van der Waals surface area contributed by atoms with Gasteiger partial charge in [-0.15, -0.1) is 0 Å². The lowest BCUT2D eigenvalue weighted by atomic mass is 9.92. The first-order valence-electron chi connectivity index (χ1n) is 7.79. The van der Waals surface area contributed by atoms with E-state index in [2.05, 4.69) is 4.98 Å². The minimum atomic E-state index is -1.57. The van der Waals surface area contributed by atoms with Gasteiger partial charge in [0.1, 0.15) is 5.56 Å². The Kier molecular flexibility index (Phi) is 4.68. The molecule has 2 aromatic carbocycles. The number of carbonyl (C=O) groups is 3. The number of aromatic carboxylic acids is 3. The molecule has 0 aliphatic heterocycles. The van der Waals surface area contributed by atoms with Crippen molar-refractivity contribution in [2.75, 3.05) is 0 Å². The van der Waals surface area contributed by atoms with Gasteiger partial charge in [0.05, 0.1) is 5.56 Å². The second-order valence-electron chi connectivity index (χ2n) is 5.63. The van der Waals surface area contributed by atoms with E-state index >= 15 is 0 Å². The first-order valence-corrected chi connectivity index (χ1v) is 7.79. The van der Waals surface area contributed by atoms with Gasteiger partial charge in [0.25, 0.3) is 0 Å². The lowest BCUT2D eigenvalue weighted by Crippen LogP contribution is -2.16. The van der Waals surface area contributed by atoms with Crippen molar-refractivity contribution in [2.24, 2.45) is 0 Å². The monoisotopic (exact) mass is 363 g/mol. The molecule has 134 valence electrons. The van der Waals surface area contributed by atoms with Crippen molar-refractivity contribution >= 4 is 17.9 Å². The van der Waals surface area contributed by atoms with E-state index < -0.39 is 29.2 Å². The molecule has 0 fully saturated rings. The molecule has 0 radical (unpaired) electrons. The zero-order valence-corrected chi connectivity index (χ0v) is 13.8. The van der Waals surface area contributed by atoms with Crippen molar-refractivity contribution < 1.29 is 29.7 Å². The van der Waals surface area contributed by atoms with Crippen molar-refractivity contribution in [3.05, 3.63) is 77.6 Å². The standard InChI is InChI=1S/C20H13NO6/c22-18(23)14-10-21-17(20(26)27)16(19(24)25)15(14)13-8-4-7-12(9-13)11-5-2-1-3-6-11/h1-10H,(H,22,23)(H,24,25)(H,26,27). The molecule has 0 aliphatic rings. The van der Waals surface area contributed by atoms with Crippen LogP contribution in [-0.2, 0) is 0 Å². The fourth-order valence-electron chi connectivity index (χ4n) is 2.83. The molecule has 1 aromatic heterocycles. The van der Waals surface area contributed by atoms with Crippen LogP contribution in [0.2, 0.25) is 0 Å². The van der Waals surface area contributed by atoms with Gasteiger partial charge in [0.2, 0.25) is 0 Å². The third kappa shape index (κ3) is 3.38. The number of hydrogen-bond donors (Lipinski definition) is 3. The highest BCUT2D eigenvalue weighted by molar-refractivity contribution is 6.10. The Balaban J connectivity index is 2.33. The quantitative estimate of drug-likeness (QED) is 0.633. The molecule has 0 spiro atoms. The van der Waals surface area contributed by atoms with Crippen LogP contribution in [-0.4, -0.2) is 38.2 Å². The fourth-order valence-corrected chi connectivity index (χ4v) is 2.83. The second-order valence-corrected chi connectivity index (χ2v) is 5.63. The summed E-state index contributed by atoms with van der Waals surface area (Å²) in [7, 11) is 0. The van der Waals surface area contributed by atoms with E-state index in [0.717, 1.165) is 17.3 Å². The van der Waals surface area contributed by atoms with Crippen LogP contribution < -0.4 is 0 Å². The summed E-state index contributed by atoms with van der Waals surface area (Å²) in [5, 5.41) is 28.3. The molecule has 0 amide bonds. The van der Waals surface area contributed by atoms with Crippen molar-refractivity contribution in [1.29, 1.82) is 0 Å². The van der Waals surface area contributed by atoms with Crippen LogP contribution in [0, 0.1) is 0 Å². The molecule has 0 saturated heterocycles. The van der Waals surface area contributed by atoms with Gasteiger partial charge >= 0.3 is 17.9 Å². The summed E-state index contributed by atoms with van der Waals surface area (Å²) in [6.07, 6.45) is 0.864. The maximum absolute atomic E-state index is 11.8. The van der Waals surface area contributed by atoms with Gasteiger partial charge in [-0.1, -0.05) is 48.5 Å². The second kappa shape index (κ2) is 7.09.